The first-order valence-corrected chi connectivity index (χ1v) is 9.85. The number of amides is 1. The molecule has 0 atom stereocenters. The van der Waals surface area contributed by atoms with Crippen LogP contribution in [0.4, 0.5) is 0 Å². The van der Waals surface area contributed by atoms with Gasteiger partial charge in [-0.05, 0) is 30.3 Å². The Morgan fingerprint density at radius 3 is 2.42 bits per heavy atom. The van der Waals surface area contributed by atoms with Crippen molar-refractivity contribution in [1.29, 1.82) is 0 Å². The van der Waals surface area contributed by atoms with E-state index in [0.29, 0.717) is 31.5 Å². The van der Waals surface area contributed by atoms with Crippen molar-refractivity contribution in [2.24, 2.45) is 0 Å². The van der Waals surface area contributed by atoms with E-state index in [-0.39, 0.29) is 5.91 Å². The number of ether oxygens (including phenoxy) is 1. The molecule has 0 saturated carbocycles. The molecule has 2 heterocycles. The predicted molar refractivity (Wildman–Crippen MR) is 115 cm³/mol. The number of halogens is 1. The molecule has 0 aliphatic carbocycles. The van der Waals surface area contributed by atoms with Crippen LogP contribution in [-0.2, 0) is 4.79 Å². The third-order valence-corrected chi connectivity index (χ3v) is 4.44. The van der Waals surface area contributed by atoms with Crippen LogP contribution in [0.25, 0.3) is 17.4 Å². The number of methoxy groups -OCH3 is 1. The Labute approximate surface area is 168 Å². The fourth-order valence-corrected chi connectivity index (χ4v) is 3.24. The highest BCUT2D eigenvalue weighted by atomic mass is 35.5. The van der Waals surface area contributed by atoms with Gasteiger partial charge in [0.2, 0.25) is 0 Å². The Morgan fingerprint density at radius 1 is 1.19 bits per heavy atom. The van der Waals surface area contributed by atoms with Gasteiger partial charge in [0, 0.05) is 11.6 Å². The molecule has 1 amide bonds. The summed E-state index contributed by atoms with van der Waals surface area (Å²) >= 11 is 12.3. The maximum Gasteiger partial charge on any atom is 0.263 e. The van der Waals surface area contributed by atoms with Crippen LogP contribution >= 0.6 is 35.6 Å². The number of rotatable bonds is 3. The summed E-state index contributed by atoms with van der Waals surface area (Å²) in [5.41, 5.74) is 0.828. The number of hydrogen-bond acceptors (Lipinski definition) is 5. The molecule has 1 aromatic heterocycles. The average Bonchev–Trinajstić information content (AvgIpc) is 3.25. The number of thioether (sulfide) groups is 1. The molecule has 0 bridgehead atoms. The molecule has 1 aliphatic rings. The van der Waals surface area contributed by atoms with E-state index in [1.54, 1.807) is 31.4 Å². The van der Waals surface area contributed by atoms with Gasteiger partial charge in [0.15, 0.2) is 0 Å². The van der Waals surface area contributed by atoms with Gasteiger partial charge >= 0.3 is 0 Å². The summed E-state index contributed by atoms with van der Waals surface area (Å²) < 4.78 is 11.3. The van der Waals surface area contributed by atoms with E-state index in [0.717, 1.165) is 5.56 Å². The van der Waals surface area contributed by atoms with Crippen molar-refractivity contribution in [2.45, 2.75) is 27.7 Å². The Balaban J connectivity index is 0.000000791. The number of carbonyl (C=O) groups is 1. The average molecular weight is 412 g/mol. The molecule has 1 aliphatic heterocycles. The molecule has 0 radical (unpaired) electrons. The van der Waals surface area contributed by atoms with Crippen LogP contribution in [0, 0.1) is 0 Å². The molecule has 4 nitrogen and oxygen atoms in total. The van der Waals surface area contributed by atoms with Crippen molar-refractivity contribution in [2.75, 3.05) is 7.11 Å². The number of furan rings is 1. The molecule has 3 rings (SSSR count). The number of nitrogens with one attached hydrogen (secondary N) is 1. The zero-order valence-electron chi connectivity index (χ0n) is 15.4. The standard InChI is InChI=1S/C15H10ClNO3S2.2C2H6/c1-19-12-4-2-8(6-10(12)16)11-5-3-9(20-11)7-13-14(18)17-15(21)22-13;2*1-2/h2-7H,1H3,(H,17,18,21);2*1-2H3/b13-7+;;. The summed E-state index contributed by atoms with van der Waals surface area (Å²) in [5, 5.41) is 3.07. The van der Waals surface area contributed by atoms with Gasteiger partial charge in [-0.25, -0.2) is 0 Å². The third-order valence-electron chi connectivity index (χ3n) is 2.98. The highest BCUT2D eigenvalue weighted by Crippen LogP contribution is 2.32. The molecule has 7 heteroatoms. The van der Waals surface area contributed by atoms with Crippen molar-refractivity contribution in [3.8, 4) is 17.1 Å². The van der Waals surface area contributed by atoms with Crippen molar-refractivity contribution < 1.29 is 13.9 Å². The summed E-state index contributed by atoms with van der Waals surface area (Å²) in [5.74, 6) is 1.62. The summed E-state index contributed by atoms with van der Waals surface area (Å²) in [6.07, 6.45) is 1.66. The van der Waals surface area contributed by atoms with Crippen molar-refractivity contribution >= 4 is 51.9 Å². The predicted octanol–water partition coefficient (Wildman–Crippen LogP) is 6.15. The van der Waals surface area contributed by atoms with Crippen LogP contribution in [-0.4, -0.2) is 17.3 Å². The minimum Gasteiger partial charge on any atom is -0.495 e. The molecule has 140 valence electrons. The Hall–Kier alpha value is -1.76. The van der Waals surface area contributed by atoms with Crippen LogP contribution in [0.5, 0.6) is 5.75 Å². The highest BCUT2D eigenvalue weighted by Gasteiger charge is 2.22. The summed E-state index contributed by atoms with van der Waals surface area (Å²) in [7, 11) is 1.56. The van der Waals surface area contributed by atoms with Crippen molar-refractivity contribution in [1.82, 2.24) is 5.32 Å². The van der Waals surface area contributed by atoms with Gasteiger partial charge < -0.3 is 14.5 Å². The van der Waals surface area contributed by atoms with Crippen LogP contribution < -0.4 is 10.1 Å². The maximum absolute atomic E-state index is 11.6. The number of hydrogen-bond donors (Lipinski definition) is 1. The number of carbonyl (C=O) groups excluding carboxylic acids is 1. The van der Waals surface area contributed by atoms with Gasteiger partial charge in [-0.15, -0.1) is 0 Å². The lowest BCUT2D eigenvalue weighted by Crippen LogP contribution is -2.17. The smallest absolute Gasteiger partial charge is 0.263 e. The SMILES string of the molecule is CC.CC.COc1ccc(-c2ccc(/C=C3/SC(=S)NC3=O)o2)cc1Cl. The van der Waals surface area contributed by atoms with Crippen LogP contribution in [0.1, 0.15) is 33.5 Å². The molecule has 1 aromatic carbocycles. The van der Waals surface area contributed by atoms with E-state index in [2.05, 4.69) is 5.32 Å². The molecule has 0 unspecified atom stereocenters. The molecule has 0 spiro atoms. The molecule has 1 saturated heterocycles. The molecule has 2 aromatic rings. The first-order chi connectivity index (χ1) is 12.6. The Bertz CT molecular complexity index is 800. The van der Waals surface area contributed by atoms with Crippen LogP contribution in [0.3, 0.4) is 0 Å². The second kappa shape index (κ2) is 11.1. The minimum absolute atomic E-state index is 0.208. The van der Waals surface area contributed by atoms with E-state index >= 15 is 0 Å². The molecular formula is C19H22ClNO3S2. The van der Waals surface area contributed by atoms with Gasteiger partial charge in [0.25, 0.3) is 5.91 Å². The monoisotopic (exact) mass is 411 g/mol. The lowest BCUT2D eigenvalue weighted by atomic mass is 10.2. The highest BCUT2D eigenvalue weighted by molar-refractivity contribution is 8.26. The summed E-state index contributed by atoms with van der Waals surface area (Å²) in [4.78, 5) is 12.1. The van der Waals surface area contributed by atoms with Crippen LogP contribution in [0.2, 0.25) is 5.02 Å². The summed E-state index contributed by atoms with van der Waals surface area (Å²) in [6, 6.07) is 9.00. The third kappa shape index (κ3) is 5.62. The zero-order chi connectivity index (χ0) is 19.7. The van der Waals surface area contributed by atoms with Crippen molar-refractivity contribution in [3.05, 3.63) is 46.0 Å². The molecule has 26 heavy (non-hydrogen) atoms. The van der Waals surface area contributed by atoms with E-state index in [1.165, 1.54) is 11.8 Å². The van der Waals surface area contributed by atoms with E-state index in [9.17, 15) is 4.79 Å². The van der Waals surface area contributed by atoms with E-state index in [1.807, 2.05) is 39.8 Å². The lowest BCUT2D eigenvalue weighted by molar-refractivity contribution is -0.115. The lowest BCUT2D eigenvalue weighted by Gasteiger charge is -2.04. The van der Waals surface area contributed by atoms with Crippen molar-refractivity contribution in [3.63, 3.8) is 0 Å². The number of thiocarbonyl (C=S) groups is 1. The Morgan fingerprint density at radius 2 is 1.88 bits per heavy atom. The zero-order valence-corrected chi connectivity index (χ0v) is 17.8. The largest absolute Gasteiger partial charge is 0.495 e. The van der Waals surface area contributed by atoms with E-state index in [4.69, 9.17) is 33.0 Å². The number of benzene rings is 1. The molecule has 1 N–H and O–H groups in total. The van der Waals surface area contributed by atoms with Gasteiger partial charge in [-0.2, -0.15) is 0 Å². The molecular weight excluding hydrogens is 390 g/mol. The van der Waals surface area contributed by atoms with Crippen LogP contribution in [0.15, 0.2) is 39.7 Å². The fraction of sp³-hybridized carbons (Fsp3) is 0.263. The van der Waals surface area contributed by atoms with E-state index < -0.39 is 0 Å². The normalized spacial score (nSPS) is 14.2. The maximum atomic E-state index is 11.6. The minimum atomic E-state index is -0.208. The quantitative estimate of drug-likeness (QED) is 0.484. The fourth-order valence-electron chi connectivity index (χ4n) is 1.96. The van der Waals surface area contributed by atoms with Gasteiger partial charge in [0.1, 0.15) is 21.6 Å². The first-order valence-electron chi connectivity index (χ1n) is 8.25. The molecule has 1 fully saturated rings. The van der Waals surface area contributed by atoms with Gasteiger partial charge in [-0.3, -0.25) is 4.79 Å². The topological polar surface area (TPSA) is 51.5 Å². The summed E-state index contributed by atoms with van der Waals surface area (Å²) in [6.45, 7) is 8.00. The first kappa shape index (κ1) is 22.3. The van der Waals surface area contributed by atoms with Gasteiger partial charge in [-0.1, -0.05) is 63.3 Å². The second-order valence-electron chi connectivity index (χ2n) is 4.40. The second-order valence-corrected chi connectivity index (χ2v) is 6.53. The Kier molecular flexibility index (Phi) is 9.48. The van der Waals surface area contributed by atoms with Gasteiger partial charge in [0.05, 0.1) is 17.0 Å².